The van der Waals surface area contributed by atoms with Crippen LogP contribution in [-0.2, 0) is 4.79 Å². The first-order valence-electron chi connectivity index (χ1n) is 6.34. The third kappa shape index (κ3) is 2.23. The lowest BCUT2D eigenvalue weighted by Crippen LogP contribution is -2.56. The van der Waals surface area contributed by atoms with Gasteiger partial charge in [-0.25, -0.2) is 0 Å². The first-order valence-corrected chi connectivity index (χ1v) is 6.34. The van der Waals surface area contributed by atoms with Gasteiger partial charge in [-0.15, -0.1) is 0 Å². The number of rotatable bonds is 1. The fraction of sp³-hybridized carbons (Fsp3) is 0.917. The molecule has 2 saturated heterocycles. The summed E-state index contributed by atoms with van der Waals surface area (Å²) in [5.41, 5.74) is 5.66. The maximum Gasteiger partial charge on any atom is 0.239 e. The number of carbonyl (C=O) groups excluding carboxylic acids is 1. The summed E-state index contributed by atoms with van der Waals surface area (Å²) in [7, 11) is 2.21. The third-order valence-corrected chi connectivity index (χ3v) is 4.05. The Morgan fingerprint density at radius 1 is 1.38 bits per heavy atom. The van der Waals surface area contributed by atoms with Gasteiger partial charge in [0.25, 0.3) is 0 Å². The quantitative estimate of drug-likeness (QED) is 0.697. The lowest BCUT2D eigenvalue weighted by atomic mass is 9.84. The Morgan fingerprint density at radius 2 is 2.12 bits per heavy atom. The number of nitrogens with zero attached hydrogens (tertiary/aromatic N) is 2. The molecule has 92 valence electrons. The van der Waals surface area contributed by atoms with E-state index < -0.39 is 0 Å². The molecule has 3 atom stereocenters. The maximum absolute atomic E-state index is 11.8. The topological polar surface area (TPSA) is 49.6 Å². The smallest absolute Gasteiger partial charge is 0.239 e. The first kappa shape index (κ1) is 11.9. The van der Waals surface area contributed by atoms with Crippen molar-refractivity contribution in [3.8, 4) is 0 Å². The highest BCUT2D eigenvalue weighted by Gasteiger charge is 2.36. The number of fused-ring (bicyclic) bond motifs is 1. The summed E-state index contributed by atoms with van der Waals surface area (Å²) in [6.07, 6.45) is 3.63. The van der Waals surface area contributed by atoms with Gasteiger partial charge in [0.05, 0.1) is 6.04 Å². The molecular weight excluding hydrogens is 202 g/mol. The Bertz CT molecular complexity index is 267. The van der Waals surface area contributed by atoms with Crippen LogP contribution in [0, 0.1) is 5.92 Å². The SMILES string of the molecule is CC(N)C(=O)N1CCC2C(CCCN2C)C1. The Hall–Kier alpha value is -0.610. The van der Waals surface area contributed by atoms with Gasteiger partial charge in [0.1, 0.15) is 0 Å². The van der Waals surface area contributed by atoms with Gasteiger partial charge >= 0.3 is 0 Å². The van der Waals surface area contributed by atoms with Crippen LogP contribution in [0.1, 0.15) is 26.2 Å². The number of hydrogen-bond donors (Lipinski definition) is 1. The van der Waals surface area contributed by atoms with Crippen molar-refractivity contribution < 1.29 is 4.79 Å². The largest absolute Gasteiger partial charge is 0.341 e. The van der Waals surface area contributed by atoms with E-state index in [1.165, 1.54) is 19.4 Å². The molecule has 16 heavy (non-hydrogen) atoms. The van der Waals surface area contributed by atoms with Gasteiger partial charge in [-0.05, 0) is 45.7 Å². The summed E-state index contributed by atoms with van der Waals surface area (Å²) >= 11 is 0. The van der Waals surface area contributed by atoms with E-state index in [0.717, 1.165) is 19.5 Å². The van der Waals surface area contributed by atoms with Gasteiger partial charge in [0.2, 0.25) is 5.91 Å². The summed E-state index contributed by atoms with van der Waals surface area (Å²) < 4.78 is 0. The summed E-state index contributed by atoms with van der Waals surface area (Å²) in [4.78, 5) is 16.3. The van der Waals surface area contributed by atoms with Crippen LogP contribution in [0.5, 0.6) is 0 Å². The molecule has 1 amide bonds. The minimum absolute atomic E-state index is 0.117. The van der Waals surface area contributed by atoms with Crippen molar-refractivity contribution in [2.75, 3.05) is 26.7 Å². The van der Waals surface area contributed by atoms with Crippen molar-refractivity contribution in [3.63, 3.8) is 0 Å². The van der Waals surface area contributed by atoms with Gasteiger partial charge in [0, 0.05) is 19.1 Å². The Kier molecular flexibility index (Phi) is 3.50. The lowest BCUT2D eigenvalue weighted by molar-refractivity contribution is -0.135. The van der Waals surface area contributed by atoms with Crippen molar-refractivity contribution >= 4 is 5.91 Å². The maximum atomic E-state index is 11.8. The second-order valence-corrected chi connectivity index (χ2v) is 5.31. The van der Waals surface area contributed by atoms with Crippen molar-refractivity contribution in [2.24, 2.45) is 11.7 Å². The monoisotopic (exact) mass is 225 g/mol. The van der Waals surface area contributed by atoms with Gasteiger partial charge < -0.3 is 15.5 Å². The van der Waals surface area contributed by atoms with E-state index in [1.54, 1.807) is 6.92 Å². The average molecular weight is 225 g/mol. The predicted octanol–water partition coefficient (Wildman–Crippen LogP) is 0.276. The molecule has 2 aliphatic heterocycles. The average Bonchev–Trinajstić information content (AvgIpc) is 2.28. The molecule has 0 radical (unpaired) electrons. The Labute approximate surface area is 97.8 Å². The normalized spacial score (nSPS) is 33.3. The predicted molar refractivity (Wildman–Crippen MR) is 64.0 cm³/mol. The molecule has 0 aromatic carbocycles. The summed E-state index contributed by atoms with van der Waals surface area (Å²) in [6.45, 7) is 4.78. The second-order valence-electron chi connectivity index (χ2n) is 5.31. The number of amides is 1. The van der Waals surface area contributed by atoms with E-state index in [-0.39, 0.29) is 11.9 Å². The molecule has 0 saturated carbocycles. The van der Waals surface area contributed by atoms with E-state index in [9.17, 15) is 4.79 Å². The highest BCUT2D eigenvalue weighted by molar-refractivity contribution is 5.81. The number of piperidine rings is 2. The summed E-state index contributed by atoms with van der Waals surface area (Å²) in [5.74, 6) is 0.780. The molecule has 2 heterocycles. The van der Waals surface area contributed by atoms with E-state index >= 15 is 0 Å². The lowest BCUT2D eigenvalue weighted by Gasteiger charge is -2.46. The molecule has 4 nitrogen and oxygen atoms in total. The molecule has 2 rings (SSSR count). The van der Waals surface area contributed by atoms with Crippen molar-refractivity contribution in [1.82, 2.24) is 9.80 Å². The minimum atomic E-state index is -0.349. The Balaban J connectivity index is 1.97. The fourth-order valence-electron chi connectivity index (χ4n) is 3.14. The number of nitrogens with two attached hydrogens (primary N) is 1. The molecule has 0 spiro atoms. The van der Waals surface area contributed by atoms with Crippen LogP contribution in [-0.4, -0.2) is 54.5 Å². The van der Waals surface area contributed by atoms with Gasteiger partial charge in [0.15, 0.2) is 0 Å². The van der Waals surface area contributed by atoms with Crippen LogP contribution < -0.4 is 5.73 Å². The van der Waals surface area contributed by atoms with Crippen LogP contribution in [0.15, 0.2) is 0 Å². The molecule has 3 unspecified atom stereocenters. The zero-order chi connectivity index (χ0) is 11.7. The van der Waals surface area contributed by atoms with Crippen LogP contribution in [0.2, 0.25) is 0 Å². The standard InChI is InChI=1S/C12H23N3O/c1-9(13)12(16)15-7-5-11-10(8-15)4-3-6-14(11)2/h9-11H,3-8,13H2,1-2H3. The first-order chi connectivity index (χ1) is 7.59. The molecule has 4 heteroatoms. The van der Waals surface area contributed by atoms with Crippen LogP contribution >= 0.6 is 0 Å². The molecule has 0 aromatic rings. The summed E-state index contributed by atoms with van der Waals surface area (Å²) in [6, 6.07) is 0.337. The molecule has 0 bridgehead atoms. The highest BCUT2D eigenvalue weighted by Crippen LogP contribution is 2.29. The molecule has 2 aliphatic rings. The zero-order valence-electron chi connectivity index (χ0n) is 10.4. The Morgan fingerprint density at radius 3 is 2.81 bits per heavy atom. The number of likely N-dealkylation sites (tertiary alicyclic amines) is 2. The zero-order valence-corrected chi connectivity index (χ0v) is 10.4. The third-order valence-electron chi connectivity index (χ3n) is 4.05. The van der Waals surface area contributed by atoms with Crippen molar-refractivity contribution in [1.29, 1.82) is 0 Å². The van der Waals surface area contributed by atoms with Crippen molar-refractivity contribution in [2.45, 2.75) is 38.3 Å². The van der Waals surface area contributed by atoms with Crippen LogP contribution in [0.4, 0.5) is 0 Å². The van der Waals surface area contributed by atoms with Gasteiger partial charge in [-0.1, -0.05) is 0 Å². The number of carbonyl (C=O) groups is 1. The van der Waals surface area contributed by atoms with E-state index in [1.807, 2.05) is 4.90 Å². The molecule has 0 aromatic heterocycles. The van der Waals surface area contributed by atoms with E-state index in [2.05, 4.69) is 11.9 Å². The molecular formula is C12H23N3O. The van der Waals surface area contributed by atoms with E-state index in [0.29, 0.717) is 12.0 Å². The molecule has 0 aliphatic carbocycles. The van der Waals surface area contributed by atoms with Crippen LogP contribution in [0.3, 0.4) is 0 Å². The fourth-order valence-corrected chi connectivity index (χ4v) is 3.14. The second kappa shape index (κ2) is 4.72. The van der Waals surface area contributed by atoms with E-state index in [4.69, 9.17) is 5.73 Å². The van der Waals surface area contributed by atoms with Gasteiger partial charge in [-0.3, -0.25) is 4.79 Å². The van der Waals surface area contributed by atoms with Crippen LogP contribution in [0.25, 0.3) is 0 Å². The highest BCUT2D eigenvalue weighted by atomic mass is 16.2. The van der Waals surface area contributed by atoms with Crippen molar-refractivity contribution in [3.05, 3.63) is 0 Å². The summed E-state index contributed by atoms with van der Waals surface area (Å²) in [5, 5.41) is 0. The molecule has 2 fully saturated rings. The number of hydrogen-bond acceptors (Lipinski definition) is 3. The van der Waals surface area contributed by atoms with Gasteiger partial charge in [-0.2, -0.15) is 0 Å². The molecule has 2 N–H and O–H groups in total. The minimum Gasteiger partial charge on any atom is -0.341 e.